The summed E-state index contributed by atoms with van der Waals surface area (Å²) in [5, 5.41) is 10.1. The zero-order chi connectivity index (χ0) is 9.02. The second-order valence-corrected chi connectivity index (χ2v) is 1.87. The van der Waals surface area contributed by atoms with Crippen LogP contribution in [0.1, 0.15) is 6.92 Å². The van der Waals surface area contributed by atoms with Gasteiger partial charge in [-0.3, -0.25) is 9.59 Å². The lowest BCUT2D eigenvalue weighted by Crippen LogP contribution is -2.48. The van der Waals surface area contributed by atoms with Gasteiger partial charge < -0.3 is 16.2 Å². The first-order valence-electron chi connectivity index (χ1n) is 2.74. The van der Waals surface area contributed by atoms with Crippen LogP contribution >= 0.6 is 0 Å². The Balaban J connectivity index is 4.23. The van der Waals surface area contributed by atoms with Crippen molar-refractivity contribution in [3.8, 4) is 0 Å². The van der Waals surface area contributed by atoms with Crippen LogP contribution in [0, 0.1) is 0 Å². The van der Waals surface area contributed by atoms with Crippen LogP contribution in [0.5, 0.6) is 0 Å². The fourth-order valence-electron chi connectivity index (χ4n) is 0.458. The molecule has 0 bridgehead atoms. The molecule has 0 radical (unpaired) electrons. The third-order valence-electron chi connectivity index (χ3n) is 0.879. The predicted molar refractivity (Wildman–Crippen MR) is 34.4 cm³/mol. The molecule has 1 atom stereocenters. The lowest BCUT2D eigenvalue weighted by molar-refractivity contribution is -0.145. The van der Waals surface area contributed by atoms with E-state index in [1.54, 1.807) is 0 Å². The molecule has 1 unspecified atom stereocenters. The van der Waals surface area contributed by atoms with Gasteiger partial charge in [-0.05, 0) is 0 Å². The zero-order valence-corrected chi connectivity index (χ0v) is 5.83. The second kappa shape index (κ2) is 3.55. The summed E-state index contributed by atoms with van der Waals surface area (Å²) < 4.78 is 0. The van der Waals surface area contributed by atoms with Gasteiger partial charge in [-0.25, -0.2) is 4.79 Å². The lowest BCUT2D eigenvalue weighted by Gasteiger charge is -2.07. The third-order valence-corrected chi connectivity index (χ3v) is 0.879. The number of rotatable bonds is 3. The number of carboxylic acids is 1. The number of hydrogen-bond acceptors (Lipinski definition) is 3. The monoisotopic (exact) mass is 160 g/mol. The van der Waals surface area contributed by atoms with Crippen LogP contribution in [0.25, 0.3) is 0 Å². The Morgan fingerprint density at radius 2 is 1.91 bits per heavy atom. The van der Waals surface area contributed by atoms with E-state index < -0.39 is 23.8 Å². The smallest absolute Gasteiger partial charge is 0.336 e. The quantitative estimate of drug-likeness (QED) is 0.417. The molecule has 0 aromatic carbocycles. The Morgan fingerprint density at radius 3 is 2.00 bits per heavy atom. The first-order valence-corrected chi connectivity index (χ1v) is 2.74. The number of nitrogens with one attached hydrogen (secondary N) is 1. The maximum Gasteiger partial charge on any atom is 0.336 e. The lowest BCUT2D eigenvalue weighted by atomic mass is 10.3. The highest BCUT2D eigenvalue weighted by atomic mass is 16.4. The number of carboxylic acid groups (broad SMARTS) is 1. The van der Waals surface area contributed by atoms with Gasteiger partial charge in [0.1, 0.15) is 0 Å². The van der Waals surface area contributed by atoms with E-state index in [9.17, 15) is 14.4 Å². The van der Waals surface area contributed by atoms with E-state index in [-0.39, 0.29) is 0 Å². The van der Waals surface area contributed by atoms with Gasteiger partial charge >= 0.3 is 5.97 Å². The number of primary amides is 1. The molecule has 0 heterocycles. The number of carbonyl (C=O) groups is 3. The first kappa shape index (κ1) is 9.41. The summed E-state index contributed by atoms with van der Waals surface area (Å²) in [6.45, 7) is 1.10. The molecule has 11 heavy (non-hydrogen) atoms. The largest absolute Gasteiger partial charge is 0.479 e. The van der Waals surface area contributed by atoms with Crippen LogP contribution in [0.15, 0.2) is 0 Å². The van der Waals surface area contributed by atoms with Crippen molar-refractivity contribution in [3.63, 3.8) is 0 Å². The highest BCUT2D eigenvalue weighted by Gasteiger charge is 2.23. The number of nitrogens with two attached hydrogens (primary N) is 1. The van der Waals surface area contributed by atoms with Gasteiger partial charge in [-0.15, -0.1) is 0 Å². The SMILES string of the molecule is CC(=O)NC(C(N)=O)C(=O)O. The topological polar surface area (TPSA) is 109 Å². The van der Waals surface area contributed by atoms with Crippen LogP contribution in [0.4, 0.5) is 0 Å². The van der Waals surface area contributed by atoms with E-state index in [1.807, 2.05) is 5.32 Å². The highest BCUT2D eigenvalue weighted by Crippen LogP contribution is 1.81. The Labute approximate surface area is 62.4 Å². The summed E-state index contributed by atoms with van der Waals surface area (Å²) in [5.74, 6) is -3.17. The summed E-state index contributed by atoms with van der Waals surface area (Å²) >= 11 is 0. The van der Waals surface area contributed by atoms with Gasteiger partial charge in [0.15, 0.2) is 0 Å². The molecule has 0 rings (SSSR count). The summed E-state index contributed by atoms with van der Waals surface area (Å²) in [6.07, 6.45) is 0. The molecule has 2 amide bonds. The number of carbonyl (C=O) groups excluding carboxylic acids is 2. The van der Waals surface area contributed by atoms with Gasteiger partial charge in [-0.2, -0.15) is 0 Å². The maximum absolute atomic E-state index is 10.3. The molecule has 4 N–H and O–H groups in total. The van der Waals surface area contributed by atoms with Gasteiger partial charge in [0, 0.05) is 6.92 Å². The van der Waals surface area contributed by atoms with E-state index in [0.717, 1.165) is 6.92 Å². The van der Waals surface area contributed by atoms with Crippen molar-refractivity contribution in [2.75, 3.05) is 0 Å². The molecular formula is C5H8N2O4. The molecule has 62 valence electrons. The van der Waals surface area contributed by atoms with Crippen LogP contribution in [-0.2, 0) is 14.4 Å². The maximum atomic E-state index is 10.3. The van der Waals surface area contributed by atoms with E-state index in [0.29, 0.717) is 0 Å². The molecule has 6 nitrogen and oxygen atoms in total. The minimum absolute atomic E-state index is 0.615. The van der Waals surface area contributed by atoms with Crippen molar-refractivity contribution in [3.05, 3.63) is 0 Å². The highest BCUT2D eigenvalue weighted by molar-refractivity contribution is 6.03. The molecule has 0 aliphatic rings. The van der Waals surface area contributed by atoms with Crippen LogP contribution in [0.3, 0.4) is 0 Å². The van der Waals surface area contributed by atoms with Crippen LogP contribution in [-0.4, -0.2) is 28.9 Å². The Kier molecular flexibility index (Phi) is 3.03. The molecule has 0 aromatic rings. The van der Waals surface area contributed by atoms with Crippen LogP contribution < -0.4 is 11.1 Å². The van der Waals surface area contributed by atoms with Crippen molar-refractivity contribution in [1.29, 1.82) is 0 Å². The first-order chi connectivity index (χ1) is 4.95. The van der Waals surface area contributed by atoms with E-state index in [2.05, 4.69) is 5.73 Å². The summed E-state index contributed by atoms with van der Waals surface area (Å²) in [7, 11) is 0. The standard InChI is InChI=1S/C5H8N2O4/c1-2(8)7-3(4(6)9)5(10)11/h3H,1H3,(H2,6,9)(H,7,8)(H,10,11). The summed E-state index contributed by atoms with van der Waals surface area (Å²) in [5.41, 5.74) is 4.65. The molecule has 0 fully saturated rings. The molecular weight excluding hydrogens is 152 g/mol. The van der Waals surface area contributed by atoms with Crippen molar-refractivity contribution in [2.24, 2.45) is 5.73 Å². The molecule has 0 aliphatic heterocycles. The fraction of sp³-hybridized carbons (Fsp3) is 0.400. The molecule has 6 heteroatoms. The van der Waals surface area contributed by atoms with Crippen molar-refractivity contribution < 1.29 is 19.5 Å². The number of amides is 2. The molecule has 0 saturated heterocycles. The molecule has 0 aromatic heterocycles. The van der Waals surface area contributed by atoms with Gasteiger partial charge in [-0.1, -0.05) is 0 Å². The number of aliphatic carboxylic acids is 1. The molecule has 0 saturated carbocycles. The van der Waals surface area contributed by atoms with Crippen molar-refractivity contribution in [2.45, 2.75) is 13.0 Å². The molecule has 0 aliphatic carbocycles. The summed E-state index contributed by atoms with van der Waals surface area (Å²) in [6, 6.07) is -1.63. The third kappa shape index (κ3) is 3.19. The van der Waals surface area contributed by atoms with Gasteiger partial charge in [0.05, 0.1) is 0 Å². The predicted octanol–water partition coefficient (Wildman–Crippen LogP) is -1.94. The zero-order valence-electron chi connectivity index (χ0n) is 5.83. The summed E-state index contributed by atoms with van der Waals surface area (Å²) in [4.78, 5) is 30.7. The minimum Gasteiger partial charge on any atom is -0.479 e. The van der Waals surface area contributed by atoms with E-state index in [4.69, 9.17) is 5.11 Å². The average Bonchev–Trinajstić information content (AvgIpc) is 1.81. The fourth-order valence-corrected chi connectivity index (χ4v) is 0.458. The molecule has 0 spiro atoms. The van der Waals surface area contributed by atoms with E-state index in [1.165, 1.54) is 0 Å². The van der Waals surface area contributed by atoms with Gasteiger partial charge in [0.2, 0.25) is 11.9 Å². The van der Waals surface area contributed by atoms with Crippen molar-refractivity contribution in [1.82, 2.24) is 5.32 Å². The Morgan fingerprint density at radius 1 is 1.45 bits per heavy atom. The minimum atomic E-state index is -1.63. The average molecular weight is 160 g/mol. The Hall–Kier alpha value is -1.59. The number of hydrogen-bond donors (Lipinski definition) is 3. The normalized spacial score (nSPS) is 11.7. The van der Waals surface area contributed by atoms with Crippen LogP contribution in [0.2, 0.25) is 0 Å². The van der Waals surface area contributed by atoms with E-state index >= 15 is 0 Å². The van der Waals surface area contributed by atoms with Crippen molar-refractivity contribution >= 4 is 17.8 Å². The van der Waals surface area contributed by atoms with Gasteiger partial charge in [0.25, 0.3) is 5.91 Å². The Bertz CT molecular complexity index is 187. The second-order valence-electron chi connectivity index (χ2n) is 1.87.